The molecule has 0 radical (unpaired) electrons. The summed E-state index contributed by atoms with van der Waals surface area (Å²) in [7, 11) is 0. The number of hydrogen-bond donors (Lipinski definition) is 1. The molecule has 1 aliphatic rings. The Balaban J connectivity index is 1.35. The third-order valence-electron chi connectivity index (χ3n) is 7.72. The van der Waals surface area contributed by atoms with Gasteiger partial charge in [0.25, 0.3) is 5.91 Å². The summed E-state index contributed by atoms with van der Waals surface area (Å²) in [4.78, 5) is 44.2. The monoisotopic (exact) mass is 547 g/mol. The molecule has 1 N–H and O–H groups in total. The fourth-order valence-electron chi connectivity index (χ4n) is 5.57. The summed E-state index contributed by atoms with van der Waals surface area (Å²) in [6.07, 6.45) is 3.02. The van der Waals surface area contributed by atoms with Crippen LogP contribution in [0, 0.1) is 0 Å². The molecule has 0 aromatic heterocycles. The molecule has 210 valence electrons. The predicted molar refractivity (Wildman–Crippen MR) is 164 cm³/mol. The highest BCUT2D eigenvalue weighted by atomic mass is 16.2. The molecule has 0 spiro atoms. The van der Waals surface area contributed by atoms with Gasteiger partial charge in [0.2, 0.25) is 11.8 Å². The van der Waals surface area contributed by atoms with Crippen molar-refractivity contribution >= 4 is 34.2 Å². The summed E-state index contributed by atoms with van der Waals surface area (Å²) in [6.45, 7) is 3.44. The van der Waals surface area contributed by atoms with Crippen LogP contribution < -0.4 is 10.2 Å². The van der Waals surface area contributed by atoms with Crippen molar-refractivity contribution < 1.29 is 14.4 Å². The third kappa shape index (κ3) is 6.49. The molecule has 0 unspecified atom stereocenters. The molecule has 6 nitrogen and oxygen atoms in total. The minimum Gasteiger partial charge on any atom is -0.354 e. The average molecular weight is 548 g/mol. The number of amides is 3. The topological polar surface area (TPSA) is 69.7 Å². The summed E-state index contributed by atoms with van der Waals surface area (Å²) < 4.78 is 0. The zero-order valence-electron chi connectivity index (χ0n) is 23.6. The van der Waals surface area contributed by atoms with Gasteiger partial charge in [-0.05, 0) is 41.5 Å². The number of hydrogen-bond acceptors (Lipinski definition) is 3. The van der Waals surface area contributed by atoms with Crippen LogP contribution in [0.5, 0.6) is 0 Å². The molecular formula is C35H37N3O3. The zero-order chi connectivity index (χ0) is 28.6. The number of carbonyl (C=O) groups is 3. The second-order valence-electron chi connectivity index (χ2n) is 10.6. The number of nitrogens with zero attached hydrogens (tertiary/aromatic N) is 2. The zero-order valence-corrected chi connectivity index (χ0v) is 23.6. The van der Waals surface area contributed by atoms with E-state index in [1.807, 2.05) is 97.1 Å². The lowest BCUT2D eigenvalue weighted by atomic mass is 10.0. The van der Waals surface area contributed by atoms with E-state index in [0.717, 1.165) is 40.4 Å². The van der Waals surface area contributed by atoms with Gasteiger partial charge in [-0.15, -0.1) is 0 Å². The highest BCUT2D eigenvalue weighted by Gasteiger charge is 2.32. The second-order valence-corrected chi connectivity index (χ2v) is 10.6. The maximum absolute atomic E-state index is 13.9. The maximum atomic E-state index is 13.9. The van der Waals surface area contributed by atoms with Crippen molar-refractivity contribution in [1.82, 2.24) is 10.2 Å². The molecule has 6 heteroatoms. The van der Waals surface area contributed by atoms with Crippen LogP contribution in [0.1, 0.15) is 54.1 Å². The molecule has 0 aliphatic carbocycles. The fourth-order valence-corrected chi connectivity index (χ4v) is 5.57. The van der Waals surface area contributed by atoms with Crippen LogP contribution >= 0.6 is 0 Å². The Hall–Kier alpha value is -4.45. The predicted octanol–water partition coefficient (Wildman–Crippen LogP) is 6.14. The van der Waals surface area contributed by atoms with Crippen LogP contribution in [-0.2, 0) is 22.6 Å². The number of anilines is 1. The van der Waals surface area contributed by atoms with E-state index in [4.69, 9.17) is 0 Å². The lowest BCUT2D eigenvalue weighted by Crippen LogP contribution is -2.50. The van der Waals surface area contributed by atoms with Crippen LogP contribution in [0.3, 0.4) is 0 Å². The van der Waals surface area contributed by atoms with Crippen molar-refractivity contribution in [3.05, 3.63) is 114 Å². The normalized spacial score (nSPS) is 12.9. The second kappa shape index (κ2) is 13.3. The molecule has 1 aliphatic heterocycles. The van der Waals surface area contributed by atoms with Crippen LogP contribution in [0.25, 0.3) is 10.8 Å². The average Bonchev–Trinajstić information content (AvgIpc) is 3.28. The lowest BCUT2D eigenvalue weighted by Gasteiger charge is -2.32. The fraction of sp³-hybridized carbons (Fsp3) is 0.286. The molecule has 4 aromatic rings. The summed E-state index contributed by atoms with van der Waals surface area (Å²) in [5.41, 5.74) is 3.58. The molecule has 5 rings (SSSR count). The van der Waals surface area contributed by atoms with E-state index < -0.39 is 6.04 Å². The Morgan fingerprint density at radius 3 is 2.22 bits per heavy atom. The number of rotatable bonds is 13. The molecule has 4 aromatic carbocycles. The largest absolute Gasteiger partial charge is 0.354 e. The van der Waals surface area contributed by atoms with Gasteiger partial charge in [0, 0.05) is 43.4 Å². The lowest BCUT2D eigenvalue weighted by molar-refractivity contribution is -0.141. The van der Waals surface area contributed by atoms with Gasteiger partial charge in [-0.25, -0.2) is 0 Å². The van der Waals surface area contributed by atoms with Crippen molar-refractivity contribution in [2.24, 2.45) is 0 Å². The van der Waals surface area contributed by atoms with Crippen molar-refractivity contribution in [3.8, 4) is 0 Å². The van der Waals surface area contributed by atoms with E-state index in [9.17, 15) is 14.4 Å². The Morgan fingerprint density at radius 2 is 1.51 bits per heavy atom. The van der Waals surface area contributed by atoms with E-state index in [-0.39, 0.29) is 24.1 Å². The van der Waals surface area contributed by atoms with Crippen molar-refractivity contribution in [2.45, 2.75) is 51.6 Å². The molecule has 41 heavy (non-hydrogen) atoms. The van der Waals surface area contributed by atoms with E-state index in [2.05, 4.69) is 12.2 Å². The van der Waals surface area contributed by atoms with E-state index in [1.54, 1.807) is 9.80 Å². The van der Waals surface area contributed by atoms with Crippen molar-refractivity contribution in [2.75, 3.05) is 18.0 Å². The smallest absolute Gasteiger partial charge is 0.258 e. The summed E-state index contributed by atoms with van der Waals surface area (Å²) >= 11 is 0. The quantitative estimate of drug-likeness (QED) is 0.205. The van der Waals surface area contributed by atoms with Gasteiger partial charge in [-0.1, -0.05) is 98.3 Å². The van der Waals surface area contributed by atoms with Crippen molar-refractivity contribution in [3.63, 3.8) is 0 Å². The number of unbranched alkanes of at least 4 members (excludes halogenated alkanes) is 1. The molecule has 1 atom stereocenters. The molecule has 0 fully saturated rings. The van der Waals surface area contributed by atoms with Crippen LogP contribution in [0.2, 0.25) is 0 Å². The summed E-state index contributed by atoms with van der Waals surface area (Å²) in [6, 6.07) is 30.7. The van der Waals surface area contributed by atoms with Crippen molar-refractivity contribution in [1.29, 1.82) is 0 Å². The molecule has 1 heterocycles. The Bertz CT molecular complexity index is 1500. The van der Waals surface area contributed by atoms with Crippen LogP contribution in [0.4, 0.5) is 5.69 Å². The highest BCUT2D eigenvalue weighted by molar-refractivity contribution is 6.25. The molecule has 0 saturated carbocycles. The van der Waals surface area contributed by atoms with Gasteiger partial charge in [-0.2, -0.15) is 0 Å². The first-order chi connectivity index (χ1) is 20.1. The molecule has 0 bridgehead atoms. The van der Waals surface area contributed by atoms with Gasteiger partial charge in [0.15, 0.2) is 0 Å². The SMILES string of the molecule is CCCCNC(=O)[C@H](Cc1ccccc1)N(Cc1ccccc1)C(=O)CCCN1C(=O)c2cccc3cccc1c23. The van der Waals surface area contributed by atoms with Gasteiger partial charge in [0.1, 0.15) is 6.04 Å². The van der Waals surface area contributed by atoms with E-state index in [1.165, 1.54) is 0 Å². The third-order valence-corrected chi connectivity index (χ3v) is 7.72. The first kappa shape index (κ1) is 28.1. The van der Waals surface area contributed by atoms with E-state index in [0.29, 0.717) is 38.0 Å². The van der Waals surface area contributed by atoms with E-state index >= 15 is 0 Å². The summed E-state index contributed by atoms with van der Waals surface area (Å²) in [5.74, 6) is -0.256. The highest BCUT2D eigenvalue weighted by Crippen LogP contribution is 2.37. The summed E-state index contributed by atoms with van der Waals surface area (Å²) in [5, 5.41) is 5.08. The Kier molecular flexibility index (Phi) is 9.09. The standard InChI is InChI=1S/C35H37N3O3/c1-2-3-22-36-34(40)31(24-26-13-6-4-7-14-26)38(25-27-15-8-5-9-16-27)32(39)21-12-23-37-30-20-11-18-28-17-10-19-29(33(28)30)35(37)41/h4-11,13-20,31H,2-3,12,21-25H2,1H3,(H,36,40)/t31-/m0/s1. The number of carbonyl (C=O) groups excluding carboxylic acids is 3. The van der Waals surface area contributed by atoms with Crippen LogP contribution in [-0.4, -0.2) is 41.8 Å². The first-order valence-electron chi connectivity index (χ1n) is 14.6. The van der Waals surface area contributed by atoms with Gasteiger partial charge in [0.05, 0.1) is 5.69 Å². The molecule has 3 amide bonds. The Labute approximate surface area is 242 Å². The molecule has 0 saturated heterocycles. The minimum atomic E-state index is -0.645. The Morgan fingerprint density at radius 1 is 0.829 bits per heavy atom. The number of nitrogens with one attached hydrogen (secondary N) is 1. The minimum absolute atomic E-state index is 0.0253. The van der Waals surface area contributed by atoms with Gasteiger partial charge in [-0.3, -0.25) is 14.4 Å². The number of benzene rings is 4. The molecular weight excluding hydrogens is 510 g/mol. The van der Waals surface area contributed by atoms with Gasteiger partial charge < -0.3 is 15.1 Å². The maximum Gasteiger partial charge on any atom is 0.258 e. The van der Waals surface area contributed by atoms with Gasteiger partial charge >= 0.3 is 0 Å². The van der Waals surface area contributed by atoms with Crippen LogP contribution in [0.15, 0.2) is 97.1 Å². The first-order valence-corrected chi connectivity index (χ1v) is 14.6.